The molecule has 0 bridgehead atoms. The highest BCUT2D eigenvalue weighted by Gasteiger charge is 2.31. The van der Waals surface area contributed by atoms with Crippen molar-refractivity contribution in [3.05, 3.63) is 54.4 Å². The number of hydrogen-bond donors (Lipinski definition) is 0. The first kappa shape index (κ1) is 23.0. The Morgan fingerprint density at radius 1 is 0.882 bits per heavy atom. The van der Waals surface area contributed by atoms with Crippen molar-refractivity contribution in [3.63, 3.8) is 0 Å². The molecule has 5 rings (SSSR count). The summed E-state index contributed by atoms with van der Waals surface area (Å²) in [6.07, 6.45) is 2.38. The summed E-state index contributed by atoms with van der Waals surface area (Å²) < 4.78 is 32.9. The van der Waals surface area contributed by atoms with Crippen LogP contribution in [-0.2, 0) is 10.0 Å². The SMILES string of the molecule is COc1ccc(S(=O)(=O)N2CCN(C(C)c3nc(N4CCCC4)c4ccccc4n3)CC2)cc1. The van der Waals surface area contributed by atoms with Gasteiger partial charge in [-0.3, -0.25) is 4.90 Å². The number of anilines is 1. The second-order valence-corrected chi connectivity index (χ2v) is 10.8. The molecule has 2 aliphatic rings. The summed E-state index contributed by atoms with van der Waals surface area (Å²) in [5.74, 6) is 2.46. The van der Waals surface area contributed by atoms with E-state index in [1.165, 1.54) is 12.8 Å². The predicted molar refractivity (Wildman–Crippen MR) is 133 cm³/mol. The number of ether oxygens (including phenoxy) is 1. The summed E-state index contributed by atoms with van der Waals surface area (Å²) in [5, 5.41) is 1.09. The monoisotopic (exact) mass is 481 g/mol. The Morgan fingerprint density at radius 3 is 2.24 bits per heavy atom. The number of hydrogen-bond acceptors (Lipinski definition) is 7. The van der Waals surface area contributed by atoms with Gasteiger partial charge in [-0.25, -0.2) is 18.4 Å². The molecule has 1 aromatic heterocycles. The topological polar surface area (TPSA) is 78.9 Å². The summed E-state index contributed by atoms with van der Waals surface area (Å²) in [5.41, 5.74) is 0.960. The Balaban J connectivity index is 1.33. The van der Waals surface area contributed by atoms with Crippen molar-refractivity contribution < 1.29 is 13.2 Å². The maximum absolute atomic E-state index is 13.1. The molecule has 0 spiro atoms. The highest BCUT2D eigenvalue weighted by molar-refractivity contribution is 7.89. The molecule has 0 aliphatic carbocycles. The lowest BCUT2D eigenvalue weighted by atomic mass is 10.2. The maximum Gasteiger partial charge on any atom is 0.243 e. The van der Waals surface area contributed by atoms with Gasteiger partial charge in [0.15, 0.2) is 0 Å². The molecule has 3 heterocycles. The molecule has 0 radical (unpaired) electrons. The van der Waals surface area contributed by atoms with Crippen molar-refractivity contribution >= 4 is 26.7 Å². The number of nitrogens with zero attached hydrogens (tertiary/aromatic N) is 5. The van der Waals surface area contributed by atoms with Crippen LogP contribution in [0.25, 0.3) is 10.9 Å². The van der Waals surface area contributed by atoms with Crippen molar-refractivity contribution in [1.29, 1.82) is 0 Å². The lowest BCUT2D eigenvalue weighted by Crippen LogP contribution is -2.49. The molecular formula is C25H31N5O3S. The minimum atomic E-state index is -3.53. The first-order valence-electron chi connectivity index (χ1n) is 11.9. The van der Waals surface area contributed by atoms with Crippen molar-refractivity contribution in [1.82, 2.24) is 19.2 Å². The Bertz CT molecular complexity index is 1250. The standard InChI is InChI=1S/C25H31N5O3S/c1-19(24-26-23-8-4-3-7-22(23)25(27-24)29-13-5-6-14-29)28-15-17-30(18-16-28)34(31,32)21-11-9-20(33-2)10-12-21/h3-4,7-12,19H,5-6,13-18H2,1-2H3. The highest BCUT2D eigenvalue weighted by atomic mass is 32.2. The summed E-state index contributed by atoms with van der Waals surface area (Å²) in [4.78, 5) is 14.8. The minimum absolute atomic E-state index is 0.00296. The van der Waals surface area contributed by atoms with Crippen LogP contribution in [0.5, 0.6) is 5.75 Å². The number of piperazine rings is 1. The Labute approximate surface area is 201 Å². The highest BCUT2D eigenvalue weighted by Crippen LogP contribution is 2.30. The van der Waals surface area contributed by atoms with Gasteiger partial charge >= 0.3 is 0 Å². The van der Waals surface area contributed by atoms with E-state index in [9.17, 15) is 8.42 Å². The average molecular weight is 482 g/mol. The molecular weight excluding hydrogens is 450 g/mol. The fourth-order valence-electron chi connectivity index (χ4n) is 4.83. The number of fused-ring (bicyclic) bond motifs is 1. The summed E-state index contributed by atoms with van der Waals surface area (Å²) in [6, 6.07) is 14.8. The lowest BCUT2D eigenvalue weighted by Gasteiger charge is -2.37. The van der Waals surface area contributed by atoms with Crippen LogP contribution in [0.2, 0.25) is 0 Å². The number of methoxy groups -OCH3 is 1. The van der Waals surface area contributed by atoms with E-state index >= 15 is 0 Å². The van der Waals surface area contributed by atoms with Gasteiger partial charge in [0.1, 0.15) is 17.4 Å². The third-order valence-electron chi connectivity index (χ3n) is 6.90. The Kier molecular flexibility index (Phi) is 6.42. The van der Waals surface area contributed by atoms with Crippen molar-refractivity contribution in [3.8, 4) is 5.75 Å². The third kappa shape index (κ3) is 4.35. The van der Waals surface area contributed by atoms with Crippen molar-refractivity contribution in [2.75, 3.05) is 51.3 Å². The van der Waals surface area contributed by atoms with Crippen LogP contribution in [0, 0.1) is 0 Å². The summed E-state index contributed by atoms with van der Waals surface area (Å²) in [7, 11) is -1.97. The number of benzene rings is 2. The van der Waals surface area contributed by atoms with Gasteiger partial charge in [0.25, 0.3) is 0 Å². The van der Waals surface area contributed by atoms with Crippen LogP contribution < -0.4 is 9.64 Å². The van der Waals surface area contributed by atoms with Crippen LogP contribution in [0.1, 0.15) is 31.6 Å². The molecule has 0 N–H and O–H groups in total. The zero-order valence-corrected chi connectivity index (χ0v) is 20.5. The molecule has 1 atom stereocenters. The van der Waals surface area contributed by atoms with Gasteiger partial charge in [0.05, 0.1) is 23.6 Å². The lowest BCUT2D eigenvalue weighted by molar-refractivity contribution is 0.141. The number of rotatable bonds is 6. The van der Waals surface area contributed by atoms with Crippen LogP contribution in [0.3, 0.4) is 0 Å². The summed E-state index contributed by atoms with van der Waals surface area (Å²) >= 11 is 0. The van der Waals surface area contributed by atoms with Gasteiger partial charge in [0.2, 0.25) is 10.0 Å². The molecule has 3 aromatic rings. The van der Waals surface area contributed by atoms with Crippen LogP contribution in [0.4, 0.5) is 5.82 Å². The number of para-hydroxylation sites is 1. The molecule has 2 aliphatic heterocycles. The van der Waals surface area contributed by atoms with Crippen LogP contribution in [0.15, 0.2) is 53.4 Å². The maximum atomic E-state index is 13.1. The molecule has 8 nitrogen and oxygen atoms in total. The molecule has 2 fully saturated rings. The van der Waals surface area contributed by atoms with Crippen molar-refractivity contribution in [2.24, 2.45) is 0 Å². The summed E-state index contributed by atoms with van der Waals surface area (Å²) in [6.45, 7) is 6.30. The first-order chi connectivity index (χ1) is 16.5. The second-order valence-electron chi connectivity index (χ2n) is 8.91. The zero-order valence-electron chi connectivity index (χ0n) is 19.7. The van der Waals surface area contributed by atoms with E-state index in [2.05, 4.69) is 22.8 Å². The minimum Gasteiger partial charge on any atom is -0.497 e. The van der Waals surface area contributed by atoms with Gasteiger partial charge in [0, 0.05) is 44.7 Å². The van der Waals surface area contributed by atoms with Gasteiger partial charge in [-0.2, -0.15) is 4.31 Å². The molecule has 1 unspecified atom stereocenters. The van der Waals surface area contributed by atoms with Gasteiger partial charge in [-0.05, 0) is 56.2 Å². The van der Waals surface area contributed by atoms with E-state index < -0.39 is 10.0 Å². The van der Waals surface area contributed by atoms with Gasteiger partial charge in [-0.1, -0.05) is 12.1 Å². The molecule has 34 heavy (non-hydrogen) atoms. The van der Waals surface area contributed by atoms with Gasteiger partial charge < -0.3 is 9.64 Å². The molecule has 180 valence electrons. The predicted octanol–water partition coefficient (Wildman–Crippen LogP) is 3.31. The molecule has 0 amide bonds. The average Bonchev–Trinajstić information content (AvgIpc) is 3.42. The van der Waals surface area contributed by atoms with Crippen molar-refractivity contribution in [2.45, 2.75) is 30.7 Å². The van der Waals surface area contributed by atoms with E-state index in [4.69, 9.17) is 14.7 Å². The van der Waals surface area contributed by atoms with E-state index in [1.54, 1.807) is 35.7 Å². The van der Waals surface area contributed by atoms with E-state index in [-0.39, 0.29) is 6.04 Å². The van der Waals surface area contributed by atoms with E-state index in [0.29, 0.717) is 36.8 Å². The number of sulfonamides is 1. The molecule has 0 saturated carbocycles. The molecule has 2 saturated heterocycles. The Hall–Kier alpha value is -2.75. The molecule has 9 heteroatoms. The fourth-order valence-corrected chi connectivity index (χ4v) is 6.25. The third-order valence-corrected chi connectivity index (χ3v) is 8.81. The van der Waals surface area contributed by atoms with Crippen LogP contribution >= 0.6 is 0 Å². The number of aromatic nitrogens is 2. The fraction of sp³-hybridized carbons (Fsp3) is 0.440. The van der Waals surface area contributed by atoms with E-state index in [0.717, 1.165) is 35.6 Å². The van der Waals surface area contributed by atoms with Crippen LogP contribution in [-0.4, -0.2) is 74.0 Å². The molecule has 2 aromatic carbocycles. The Morgan fingerprint density at radius 2 is 1.56 bits per heavy atom. The smallest absolute Gasteiger partial charge is 0.243 e. The first-order valence-corrected chi connectivity index (χ1v) is 13.3. The second kappa shape index (κ2) is 9.48. The van der Waals surface area contributed by atoms with Gasteiger partial charge in [-0.15, -0.1) is 0 Å². The van der Waals surface area contributed by atoms with E-state index in [1.807, 2.05) is 18.2 Å². The zero-order chi connectivity index (χ0) is 23.7. The largest absolute Gasteiger partial charge is 0.497 e. The normalized spacial score (nSPS) is 18.9. The quantitative estimate of drug-likeness (QED) is 0.534.